The van der Waals surface area contributed by atoms with Crippen LogP contribution in [0, 0.1) is 5.92 Å². The lowest BCUT2D eigenvalue weighted by Crippen LogP contribution is -2.19. The normalized spacial score (nSPS) is 11.0. The Morgan fingerprint density at radius 1 is 1.00 bits per heavy atom. The third kappa shape index (κ3) is 5.53. The Bertz CT molecular complexity index is 597. The van der Waals surface area contributed by atoms with E-state index in [2.05, 4.69) is 19.2 Å². The topological polar surface area (TPSA) is 21.3 Å². The van der Waals surface area contributed by atoms with Crippen LogP contribution in [0.15, 0.2) is 42.5 Å². The van der Waals surface area contributed by atoms with E-state index in [4.69, 9.17) is 27.9 Å². The van der Waals surface area contributed by atoms with Gasteiger partial charge in [0.1, 0.15) is 12.4 Å². The van der Waals surface area contributed by atoms with Crippen molar-refractivity contribution in [3.63, 3.8) is 0 Å². The molecule has 0 aliphatic carbocycles. The molecule has 0 unspecified atom stereocenters. The molecule has 0 amide bonds. The second kappa shape index (κ2) is 8.42. The molecular weight excluding hydrogens is 317 g/mol. The Morgan fingerprint density at radius 3 is 2.36 bits per heavy atom. The monoisotopic (exact) mass is 337 g/mol. The van der Waals surface area contributed by atoms with Crippen molar-refractivity contribution in [2.75, 3.05) is 6.54 Å². The molecule has 0 spiro atoms. The van der Waals surface area contributed by atoms with Gasteiger partial charge in [0.2, 0.25) is 0 Å². The molecule has 118 valence electrons. The van der Waals surface area contributed by atoms with E-state index in [0.717, 1.165) is 40.0 Å². The van der Waals surface area contributed by atoms with E-state index in [0.29, 0.717) is 12.5 Å². The van der Waals surface area contributed by atoms with Gasteiger partial charge in [-0.15, -0.1) is 0 Å². The predicted molar refractivity (Wildman–Crippen MR) is 93.8 cm³/mol. The van der Waals surface area contributed by atoms with Crippen molar-refractivity contribution in [1.29, 1.82) is 0 Å². The van der Waals surface area contributed by atoms with Crippen molar-refractivity contribution in [1.82, 2.24) is 5.32 Å². The summed E-state index contributed by atoms with van der Waals surface area (Å²) in [6.07, 6.45) is 0. The van der Waals surface area contributed by atoms with Gasteiger partial charge in [-0.3, -0.25) is 0 Å². The molecule has 0 saturated carbocycles. The highest BCUT2D eigenvalue weighted by Crippen LogP contribution is 2.24. The summed E-state index contributed by atoms with van der Waals surface area (Å²) >= 11 is 12.0. The zero-order valence-corrected chi connectivity index (χ0v) is 14.4. The van der Waals surface area contributed by atoms with E-state index in [9.17, 15) is 0 Å². The van der Waals surface area contributed by atoms with Crippen LogP contribution in [0.1, 0.15) is 25.0 Å². The van der Waals surface area contributed by atoms with E-state index < -0.39 is 0 Å². The van der Waals surface area contributed by atoms with E-state index in [1.807, 2.05) is 42.5 Å². The third-order valence-electron chi connectivity index (χ3n) is 3.20. The molecule has 0 atom stereocenters. The van der Waals surface area contributed by atoms with E-state index >= 15 is 0 Å². The number of halogens is 2. The maximum Gasteiger partial charge on any atom is 0.124 e. The summed E-state index contributed by atoms with van der Waals surface area (Å²) in [5, 5.41) is 4.87. The molecule has 22 heavy (non-hydrogen) atoms. The Hall–Kier alpha value is -1.22. The highest BCUT2D eigenvalue weighted by atomic mass is 35.5. The summed E-state index contributed by atoms with van der Waals surface area (Å²) in [6.45, 7) is 6.58. The van der Waals surface area contributed by atoms with Gasteiger partial charge in [-0.05, 0) is 48.4 Å². The molecule has 0 aliphatic heterocycles. The second-order valence-corrected chi connectivity index (χ2v) is 6.56. The van der Waals surface area contributed by atoms with Gasteiger partial charge in [-0.25, -0.2) is 0 Å². The maximum absolute atomic E-state index is 6.09. The highest BCUT2D eigenvalue weighted by molar-refractivity contribution is 6.30. The Morgan fingerprint density at radius 2 is 1.68 bits per heavy atom. The van der Waals surface area contributed by atoms with Crippen LogP contribution in [0.4, 0.5) is 0 Å². The summed E-state index contributed by atoms with van der Waals surface area (Å²) < 4.78 is 5.93. The van der Waals surface area contributed by atoms with Gasteiger partial charge in [0, 0.05) is 22.2 Å². The lowest BCUT2D eigenvalue weighted by atomic mass is 10.1. The van der Waals surface area contributed by atoms with Crippen LogP contribution in [-0.4, -0.2) is 6.54 Å². The van der Waals surface area contributed by atoms with E-state index in [1.54, 1.807) is 0 Å². The Kier molecular flexibility index (Phi) is 6.56. The summed E-state index contributed by atoms with van der Waals surface area (Å²) in [7, 11) is 0. The molecule has 0 saturated heterocycles. The molecule has 0 fully saturated rings. The molecule has 0 heterocycles. The van der Waals surface area contributed by atoms with Crippen molar-refractivity contribution in [3.05, 3.63) is 63.6 Å². The average molecular weight is 338 g/mol. The van der Waals surface area contributed by atoms with Gasteiger partial charge in [0.05, 0.1) is 0 Å². The molecule has 0 radical (unpaired) electrons. The largest absolute Gasteiger partial charge is 0.489 e. The molecule has 2 aromatic rings. The van der Waals surface area contributed by atoms with Crippen molar-refractivity contribution < 1.29 is 4.74 Å². The third-order valence-corrected chi connectivity index (χ3v) is 3.69. The molecule has 0 aliphatic rings. The Labute approximate surface area is 142 Å². The maximum atomic E-state index is 6.09. The second-order valence-electron chi connectivity index (χ2n) is 5.69. The minimum Gasteiger partial charge on any atom is -0.489 e. The smallest absolute Gasteiger partial charge is 0.124 e. The fourth-order valence-corrected chi connectivity index (χ4v) is 2.38. The summed E-state index contributed by atoms with van der Waals surface area (Å²) in [5.41, 5.74) is 2.16. The van der Waals surface area contributed by atoms with Crippen molar-refractivity contribution in [2.45, 2.75) is 27.0 Å². The first-order valence-electron chi connectivity index (χ1n) is 7.41. The minimum absolute atomic E-state index is 0.510. The SMILES string of the molecule is CC(C)CNCc1cc(Cl)ccc1OCc1ccc(Cl)cc1. The highest BCUT2D eigenvalue weighted by Gasteiger charge is 2.06. The fraction of sp³-hybridized carbons (Fsp3) is 0.333. The number of ether oxygens (including phenoxy) is 1. The first kappa shape index (κ1) is 17.1. The lowest BCUT2D eigenvalue weighted by Gasteiger charge is -2.14. The molecule has 0 aromatic heterocycles. The van der Waals surface area contributed by atoms with Gasteiger partial charge in [0.15, 0.2) is 0 Å². The summed E-state index contributed by atoms with van der Waals surface area (Å²) in [5.74, 6) is 1.47. The van der Waals surface area contributed by atoms with Crippen LogP contribution >= 0.6 is 23.2 Å². The van der Waals surface area contributed by atoms with Gasteiger partial charge < -0.3 is 10.1 Å². The van der Waals surface area contributed by atoms with Crippen LogP contribution < -0.4 is 10.1 Å². The average Bonchev–Trinajstić information content (AvgIpc) is 2.48. The number of hydrogen-bond donors (Lipinski definition) is 1. The number of hydrogen-bond acceptors (Lipinski definition) is 2. The van der Waals surface area contributed by atoms with Crippen LogP contribution in [0.5, 0.6) is 5.75 Å². The van der Waals surface area contributed by atoms with Crippen molar-refractivity contribution >= 4 is 23.2 Å². The first-order chi connectivity index (χ1) is 10.5. The van der Waals surface area contributed by atoms with Crippen LogP contribution in [0.3, 0.4) is 0 Å². The zero-order valence-electron chi connectivity index (χ0n) is 12.9. The quantitative estimate of drug-likeness (QED) is 0.738. The van der Waals surface area contributed by atoms with Crippen molar-refractivity contribution in [2.24, 2.45) is 5.92 Å². The molecule has 0 bridgehead atoms. The van der Waals surface area contributed by atoms with Crippen molar-refractivity contribution in [3.8, 4) is 5.75 Å². The van der Waals surface area contributed by atoms with Crippen LogP contribution in [0.2, 0.25) is 10.0 Å². The molecule has 2 rings (SSSR count). The van der Waals surface area contributed by atoms with Crippen LogP contribution in [-0.2, 0) is 13.2 Å². The van der Waals surface area contributed by atoms with Crippen LogP contribution in [0.25, 0.3) is 0 Å². The summed E-state index contributed by atoms with van der Waals surface area (Å²) in [4.78, 5) is 0. The summed E-state index contributed by atoms with van der Waals surface area (Å²) in [6, 6.07) is 13.4. The number of benzene rings is 2. The van der Waals surface area contributed by atoms with Gasteiger partial charge >= 0.3 is 0 Å². The minimum atomic E-state index is 0.510. The Balaban J connectivity index is 2.01. The number of rotatable bonds is 7. The lowest BCUT2D eigenvalue weighted by molar-refractivity contribution is 0.302. The van der Waals surface area contributed by atoms with Gasteiger partial charge in [-0.2, -0.15) is 0 Å². The fourth-order valence-electron chi connectivity index (χ4n) is 2.06. The van der Waals surface area contributed by atoms with E-state index in [-0.39, 0.29) is 0 Å². The molecule has 2 nitrogen and oxygen atoms in total. The molecule has 2 aromatic carbocycles. The molecule has 4 heteroatoms. The molecular formula is C18H21Cl2NO. The zero-order chi connectivity index (χ0) is 15.9. The number of nitrogens with one attached hydrogen (secondary N) is 1. The molecule has 1 N–H and O–H groups in total. The first-order valence-corrected chi connectivity index (χ1v) is 8.16. The predicted octanol–water partition coefficient (Wildman–Crippen LogP) is 5.32. The van der Waals surface area contributed by atoms with Gasteiger partial charge in [-0.1, -0.05) is 49.2 Å². The van der Waals surface area contributed by atoms with E-state index in [1.165, 1.54) is 0 Å². The standard InChI is InChI=1S/C18H21Cl2NO/c1-13(2)10-21-11-15-9-17(20)7-8-18(15)22-12-14-3-5-16(19)6-4-14/h3-9,13,21H,10-12H2,1-2H3. The van der Waals surface area contributed by atoms with Gasteiger partial charge in [0.25, 0.3) is 0 Å².